The highest BCUT2D eigenvalue weighted by atomic mass is 16.5. The summed E-state index contributed by atoms with van der Waals surface area (Å²) in [6.45, 7) is 4.42. The van der Waals surface area contributed by atoms with Gasteiger partial charge < -0.3 is 20.5 Å². The Morgan fingerprint density at radius 3 is 2.89 bits per heavy atom. The molecule has 0 radical (unpaired) electrons. The smallest absolute Gasteiger partial charge is 0.335 e. The fourth-order valence-corrected chi connectivity index (χ4v) is 2.54. The summed E-state index contributed by atoms with van der Waals surface area (Å²) in [6.07, 6.45) is 2.13. The highest BCUT2D eigenvalue weighted by molar-refractivity contribution is 5.90. The Bertz CT molecular complexity index is 456. The molecule has 0 bridgehead atoms. The van der Waals surface area contributed by atoms with E-state index < -0.39 is 5.97 Å². The third kappa shape index (κ3) is 2.98. The molecule has 1 fully saturated rings. The highest BCUT2D eigenvalue weighted by Gasteiger charge is 2.22. The van der Waals surface area contributed by atoms with E-state index in [1.165, 1.54) is 6.07 Å². The second-order valence-electron chi connectivity index (χ2n) is 4.74. The topological polar surface area (TPSA) is 75.8 Å². The van der Waals surface area contributed by atoms with Gasteiger partial charge in [0.1, 0.15) is 0 Å². The van der Waals surface area contributed by atoms with Crippen LogP contribution in [0.5, 0.6) is 0 Å². The number of aromatic carboxylic acids is 1. The van der Waals surface area contributed by atoms with Gasteiger partial charge in [0.2, 0.25) is 0 Å². The van der Waals surface area contributed by atoms with E-state index in [4.69, 9.17) is 15.6 Å². The molecule has 0 aliphatic carbocycles. The fourth-order valence-electron chi connectivity index (χ4n) is 2.54. The number of anilines is 2. The van der Waals surface area contributed by atoms with Gasteiger partial charge in [-0.05, 0) is 38.0 Å². The monoisotopic (exact) mass is 264 g/mol. The summed E-state index contributed by atoms with van der Waals surface area (Å²) < 4.78 is 5.51. The Hall–Kier alpha value is -1.75. The minimum atomic E-state index is -0.956. The van der Waals surface area contributed by atoms with Crippen LogP contribution in [0.3, 0.4) is 0 Å². The molecule has 19 heavy (non-hydrogen) atoms. The van der Waals surface area contributed by atoms with Crippen molar-refractivity contribution in [2.45, 2.75) is 25.8 Å². The van der Waals surface area contributed by atoms with E-state index in [0.29, 0.717) is 18.3 Å². The Labute approximate surface area is 113 Å². The van der Waals surface area contributed by atoms with Crippen LogP contribution >= 0.6 is 0 Å². The molecule has 5 heteroatoms. The number of nitrogens with zero attached hydrogens (tertiary/aromatic N) is 1. The van der Waals surface area contributed by atoms with Crippen molar-refractivity contribution >= 4 is 17.3 Å². The maximum absolute atomic E-state index is 10.9. The van der Waals surface area contributed by atoms with Crippen molar-refractivity contribution < 1.29 is 14.6 Å². The van der Waals surface area contributed by atoms with Crippen molar-refractivity contribution in [1.29, 1.82) is 0 Å². The standard InChI is InChI=1S/C14H20N2O3/c1-2-16(11-4-3-7-19-9-11)13-6-5-10(14(17)18)8-12(13)15/h5-6,8,11H,2-4,7,9,15H2,1H3,(H,17,18). The van der Waals surface area contributed by atoms with Gasteiger partial charge in [-0.2, -0.15) is 0 Å². The molecule has 1 aliphatic rings. The van der Waals surface area contributed by atoms with Gasteiger partial charge in [0.15, 0.2) is 0 Å². The first kappa shape index (κ1) is 13.7. The summed E-state index contributed by atoms with van der Waals surface area (Å²) in [5.74, 6) is -0.956. The molecule has 0 amide bonds. The minimum Gasteiger partial charge on any atom is -0.478 e. The maximum Gasteiger partial charge on any atom is 0.335 e. The number of rotatable bonds is 4. The molecule has 0 saturated carbocycles. The molecule has 1 heterocycles. The molecule has 1 saturated heterocycles. The number of benzene rings is 1. The van der Waals surface area contributed by atoms with Gasteiger partial charge in [-0.25, -0.2) is 4.79 Å². The van der Waals surface area contributed by atoms with E-state index in [9.17, 15) is 4.79 Å². The molecule has 0 spiro atoms. The lowest BCUT2D eigenvalue weighted by molar-refractivity contribution is 0.0696. The molecule has 5 nitrogen and oxygen atoms in total. The largest absolute Gasteiger partial charge is 0.478 e. The quantitative estimate of drug-likeness (QED) is 0.813. The zero-order valence-electron chi connectivity index (χ0n) is 11.1. The number of hydrogen-bond acceptors (Lipinski definition) is 4. The van der Waals surface area contributed by atoms with Crippen molar-refractivity contribution in [3.8, 4) is 0 Å². The third-order valence-electron chi connectivity index (χ3n) is 3.50. The van der Waals surface area contributed by atoms with Gasteiger partial charge in [0.05, 0.1) is 29.6 Å². The number of ether oxygens (including phenoxy) is 1. The van der Waals surface area contributed by atoms with Crippen molar-refractivity contribution in [3.63, 3.8) is 0 Å². The van der Waals surface area contributed by atoms with Crippen LogP contribution in [0.1, 0.15) is 30.1 Å². The summed E-state index contributed by atoms with van der Waals surface area (Å²) in [7, 11) is 0. The molecular formula is C14H20N2O3. The van der Waals surface area contributed by atoms with Crippen LogP contribution in [0.15, 0.2) is 18.2 Å². The number of likely N-dealkylation sites (N-methyl/N-ethyl adjacent to an activating group) is 1. The van der Waals surface area contributed by atoms with Crippen LogP contribution in [-0.4, -0.2) is 36.9 Å². The number of hydrogen-bond donors (Lipinski definition) is 2. The first-order chi connectivity index (χ1) is 9.13. The molecule has 1 aromatic carbocycles. The average Bonchev–Trinajstić information content (AvgIpc) is 2.42. The average molecular weight is 264 g/mol. The molecule has 1 aromatic rings. The summed E-state index contributed by atoms with van der Waals surface area (Å²) in [5, 5.41) is 8.96. The summed E-state index contributed by atoms with van der Waals surface area (Å²) >= 11 is 0. The SMILES string of the molecule is CCN(c1ccc(C(=O)O)cc1N)C1CCCOC1. The van der Waals surface area contributed by atoms with Gasteiger partial charge in [-0.15, -0.1) is 0 Å². The Balaban J connectivity index is 2.24. The second-order valence-corrected chi connectivity index (χ2v) is 4.74. The van der Waals surface area contributed by atoms with Crippen LogP contribution in [0.2, 0.25) is 0 Å². The molecule has 104 valence electrons. The molecule has 3 N–H and O–H groups in total. The number of carboxylic acids is 1. The zero-order chi connectivity index (χ0) is 13.8. The van der Waals surface area contributed by atoms with Crippen molar-refractivity contribution in [2.75, 3.05) is 30.4 Å². The van der Waals surface area contributed by atoms with E-state index in [-0.39, 0.29) is 5.56 Å². The predicted molar refractivity (Wildman–Crippen MR) is 74.7 cm³/mol. The number of nitrogen functional groups attached to an aromatic ring is 1. The van der Waals surface area contributed by atoms with E-state index >= 15 is 0 Å². The maximum atomic E-state index is 10.9. The van der Waals surface area contributed by atoms with Gasteiger partial charge in [-0.1, -0.05) is 0 Å². The predicted octanol–water partition coefficient (Wildman–Crippen LogP) is 1.97. The van der Waals surface area contributed by atoms with E-state index in [1.807, 2.05) is 0 Å². The van der Waals surface area contributed by atoms with Gasteiger partial charge in [0, 0.05) is 13.2 Å². The summed E-state index contributed by atoms with van der Waals surface area (Å²) in [4.78, 5) is 13.1. The van der Waals surface area contributed by atoms with E-state index in [1.54, 1.807) is 12.1 Å². The summed E-state index contributed by atoms with van der Waals surface area (Å²) in [6, 6.07) is 5.22. The van der Waals surface area contributed by atoms with Crippen LogP contribution in [0.25, 0.3) is 0 Å². The zero-order valence-corrected chi connectivity index (χ0v) is 11.1. The van der Waals surface area contributed by atoms with E-state index in [0.717, 1.165) is 31.7 Å². The summed E-state index contributed by atoms with van der Waals surface area (Å²) in [5.41, 5.74) is 7.61. The van der Waals surface area contributed by atoms with Crippen molar-refractivity contribution in [1.82, 2.24) is 0 Å². The Kier molecular flexibility index (Phi) is 4.27. The Morgan fingerprint density at radius 2 is 2.37 bits per heavy atom. The third-order valence-corrected chi connectivity index (χ3v) is 3.50. The van der Waals surface area contributed by atoms with Crippen LogP contribution in [0, 0.1) is 0 Å². The molecule has 0 aromatic heterocycles. The van der Waals surface area contributed by atoms with E-state index in [2.05, 4.69) is 11.8 Å². The fraction of sp³-hybridized carbons (Fsp3) is 0.500. The van der Waals surface area contributed by atoms with Crippen molar-refractivity contribution in [2.24, 2.45) is 0 Å². The van der Waals surface area contributed by atoms with Crippen LogP contribution in [-0.2, 0) is 4.74 Å². The molecule has 2 rings (SSSR count). The molecule has 1 atom stereocenters. The van der Waals surface area contributed by atoms with Crippen molar-refractivity contribution in [3.05, 3.63) is 23.8 Å². The Morgan fingerprint density at radius 1 is 1.58 bits per heavy atom. The van der Waals surface area contributed by atoms with Gasteiger partial charge in [0.25, 0.3) is 0 Å². The minimum absolute atomic E-state index is 0.220. The number of carboxylic acid groups (broad SMARTS) is 1. The second kappa shape index (κ2) is 5.93. The van der Waals surface area contributed by atoms with Gasteiger partial charge in [-0.3, -0.25) is 0 Å². The van der Waals surface area contributed by atoms with Gasteiger partial charge >= 0.3 is 5.97 Å². The van der Waals surface area contributed by atoms with Crippen LogP contribution in [0.4, 0.5) is 11.4 Å². The number of carbonyl (C=O) groups is 1. The number of nitrogens with two attached hydrogens (primary N) is 1. The lowest BCUT2D eigenvalue weighted by Crippen LogP contribution is -2.41. The molecular weight excluding hydrogens is 244 g/mol. The highest BCUT2D eigenvalue weighted by Crippen LogP contribution is 2.28. The normalized spacial score (nSPS) is 19.1. The lowest BCUT2D eigenvalue weighted by Gasteiger charge is -2.35. The first-order valence-electron chi connectivity index (χ1n) is 6.60. The molecule has 1 aliphatic heterocycles. The lowest BCUT2D eigenvalue weighted by atomic mass is 10.1. The van der Waals surface area contributed by atoms with Crippen LogP contribution < -0.4 is 10.6 Å². The first-order valence-corrected chi connectivity index (χ1v) is 6.60. The molecule has 1 unspecified atom stereocenters.